The van der Waals surface area contributed by atoms with Crippen molar-refractivity contribution in [1.29, 1.82) is 0 Å². The van der Waals surface area contributed by atoms with Crippen molar-refractivity contribution in [3.05, 3.63) is 0 Å². The molecule has 2 unspecified atom stereocenters. The highest BCUT2D eigenvalue weighted by molar-refractivity contribution is 4.98. The molecule has 1 aliphatic carbocycles. The minimum absolute atomic E-state index is 0.0609. The number of aliphatic hydroxyl groups is 1. The molecule has 0 aromatic carbocycles. The molecule has 1 aliphatic heterocycles. The van der Waals surface area contributed by atoms with E-state index in [1.807, 2.05) is 0 Å². The predicted molar refractivity (Wildman–Crippen MR) is 113 cm³/mol. The molecular weight excluding hydrogens is 318 g/mol. The number of hydrogen-bond donors (Lipinski definition) is 1. The predicted octanol–water partition coefficient (Wildman–Crippen LogP) is 6.13. The third kappa shape index (κ3) is 5.96. The summed E-state index contributed by atoms with van der Waals surface area (Å²) in [5, 5.41) is 10.3. The van der Waals surface area contributed by atoms with Gasteiger partial charge in [0.25, 0.3) is 0 Å². The molecule has 1 heterocycles. The first-order chi connectivity index (χ1) is 12.2. The normalized spacial score (nSPS) is 35.3. The van der Waals surface area contributed by atoms with E-state index in [1.165, 1.54) is 64.5 Å². The molecule has 0 radical (unpaired) electrons. The van der Waals surface area contributed by atoms with Gasteiger partial charge in [0, 0.05) is 12.6 Å². The van der Waals surface area contributed by atoms with Gasteiger partial charge in [0.2, 0.25) is 0 Å². The summed E-state index contributed by atoms with van der Waals surface area (Å²) in [4.78, 5) is 2.77. The molecule has 0 amide bonds. The zero-order valence-corrected chi connectivity index (χ0v) is 18.6. The SMILES string of the molecule is CC(C)CCCC(C)CCCC(C)N1CC[C@H]2[C@@H](C)[C@H](O)CC[C@]2(C)C1. The number of hydrogen-bond acceptors (Lipinski definition) is 2. The maximum Gasteiger partial charge on any atom is 0.0568 e. The molecule has 2 rings (SSSR count). The van der Waals surface area contributed by atoms with E-state index in [0.717, 1.165) is 30.2 Å². The zero-order chi connectivity index (χ0) is 19.3. The summed E-state index contributed by atoms with van der Waals surface area (Å²) in [5.74, 6) is 2.95. The van der Waals surface area contributed by atoms with Crippen LogP contribution in [0.25, 0.3) is 0 Å². The van der Waals surface area contributed by atoms with Crippen molar-refractivity contribution in [2.45, 2.75) is 111 Å². The molecule has 1 saturated carbocycles. The van der Waals surface area contributed by atoms with Crippen LogP contribution in [-0.2, 0) is 0 Å². The average Bonchev–Trinajstić information content (AvgIpc) is 2.57. The first kappa shape index (κ1) is 22.2. The van der Waals surface area contributed by atoms with E-state index in [0.29, 0.717) is 11.3 Å². The first-order valence-corrected chi connectivity index (χ1v) is 11.6. The largest absolute Gasteiger partial charge is 0.393 e. The van der Waals surface area contributed by atoms with E-state index >= 15 is 0 Å². The van der Waals surface area contributed by atoms with Gasteiger partial charge < -0.3 is 10.0 Å². The third-order valence-corrected chi connectivity index (χ3v) is 7.86. The smallest absolute Gasteiger partial charge is 0.0568 e. The van der Waals surface area contributed by atoms with E-state index in [9.17, 15) is 5.11 Å². The highest BCUT2D eigenvalue weighted by atomic mass is 16.3. The van der Waals surface area contributed by atoms with Gasteiger partial charge in [0.1, 0.15) is 0 Å². The summed E-state index contributed by atoms with van der Waals surface area (Å²) in [6, 6.07) is 0.720. The van der Waals surface area contributed by atoms with Crippen LogP contribution in [-0.4, -0.2) is 35.2 Å². The molecule has 1 N–H and O–H groups in total. The highest BCUT2D eigenvalue weighted by Gasteiger charge is 2.47. The lowest BCUT2D eigenvalue weighted by Gasteiger charge is -2.54. The molecule has 0 aromatic heterocycles. The van der Waals surface area contributed by atoms with E-state index < -0.39 is 0 Å². The van der Waals surface area contributed by atoms with Gasteiger partial charge in [-0.1, -0.05) is 66.7 Å². The Balaban J connectivity index is 1.71. The Morgan fingerprint density at radius 1 is 1.00 bits per heavy atom. The number of piperidine rings is 1. The fourth-order valence-electron chi connectivity index (χ4n) is 5.82. The molecule has 26 heavy (non-hydrogen) atoms. The molecule has 6 atom stereocenters. The third-order valence-electron chi connectivity index (χ3n) is 7.86. The molecule has 2 heteroatoms. The van der Waals surface area contributed by atoms with Crippen LogP contribution in [0.3, 0.4) is 0 Å². The minimum Gasteiger partial charge on any atom is -0.393 e. The van der Waals surface area contributed by atoms with Gasteiger partial charge >= 0.3 is 0 Å². The Labute approximate surface area is 164 Å². The second-order valence-corrected chi connectivity index (χ2v) is 10.7. The van der Waals surface area contributed by atoms with Gasteiger partial charge in [-0.2, -0.15) is 0 Å². The molecule has 154 valence electrons. The number of aliphatic hydroxyl groups excluding tert-OH is 1. The molecule has 0 aromatic rings. The van der Waals surface area contributed by atoms with E-state index in [-0.39, 0.29) is 6.10 Å². The highest BCUT2D eigenvalue weighted by Crippen LogP contribution is 2.49. The summed E-state index contributed by atoms with van der Waals surface area (Å²) in [5.41, 5.74) is 0.426. The second-order valence-electron chi connectivity index (χ2n) is 10.7. The summed E-state index contributed by atoms with van der Waals surface area (Å²) in [6.45, 7) is 16.8. The van der Waals surface area contributed by atoms with Crippen molar-refractivity contribution in [1.82, 2.24) is 4.90 Å². The summed E-state index contributed by atoms with van der Waals surface area (Å²) >= 11 is 0. The Morgan fingerprint density at radius 2 is 1.65 bits per heavy atom. The van der Waals surface area contributed by atoms with Crippen LogP contribution in [0, 0.1) is 29.1 Å². The van der Waals surface area contributed by atoms with Crippen molar-refractivity contribution in [3.8, 4) is 0 Å². The second kappa shape index (κ2) is 9.92. The van der Waals surface area contributed by atoms with Crippen molar-refractivity contribution in [3.63, 3.8) is 0 Å². The number of fused-ring (bicyclic) bond motifs is 1. The number of likely N-dealkylation sites (tertiary alicyclic amines) is 1. The fourth-order valence-corrected chi connectivity index (χ4v) is 5.82. The lowest BCUT2D eigenvalue weighted by molar-refractivity contribution is -0.0842. The van der Waals surface area contributed by atoms with Crippen LogP contribution in [0.15, 0.2) is 0 Å². The Morgan fingerprint density at radius 3 is 2.31 bits per heavy atom. The standard InChI is InChI=1S/C24H47NO/c1-18(2)9-7-10-19(3)11-8-12-20(4)25-16-14-22-21(5)23(26)13-15-24(22,6)17-25/h18-23,26H,7-17H2,1-6H3/t19?,20?,21-,22+,23-,24-/m1/s1. The van der Waals surface area contributed by atoms with Gasteiger partial charge in [-0.15, -0.1) is 0 Å². The van der Waals surface area contributed by atoms with Gasteiger partial charge in [-0.25, -0.2) is 0 Å². The maximum absolute atomic E-state index is 10.3. The molecule has 1 saturated heterocycles. The van der Waals surface area contributed by atoms with Crippen LogP contribution < -0.4 is 0 Å². The van der Waals surface area contributed by atoms with Gasteiger partial charge in [0.15, 0.2) is 0 Å². The Bertz CT molecular complexity index is 409. The van der Waals surface area contributed by atoms with Gasteiger partial charge in [0.05, 0.1) is 6.10 Å². The Kier molecular flexibility index (Phi) is 8.47. The molecular formula is C24H47NO. The summed E-state index contributed by atoms with van der Waals surface area (Å²) in [7, 11) is 0. The van der Waals surface area contributed by atoms with Crippen LogP contribution in [0.2, 0.25) is 0 Å². The lowest BCUT2D eigenvalue weighted by atomic mass is 9.59. The molecule has 2 nitrogen and oxygen atoms in total. The van der Waals surface area contributed by atoms with Crippen molar-refractivity contribution < 1.29 is 5.11 Å². The van der Waals surface area contributed by atoms with Crippen molar-refractivity contribution in [2.24, 2.45) is 29.1 Å². The fraction of sp³-hybridized carbons (Fsp3) is 1.00. The molecule has 0 spiro atoms. The molecule has 2 fully saturated rings. The number of rotatable bonds is 9. The Hall–Kier alpha value is -0.0800. The summed E-state index contributed by atoms with van der Waals surface area (Å²) < 4.78 is 0. The van der Waals surface area contributed by atoms with E-state index in [4.69, 9.17) is 0 Å². The van der Waals surface area contributed by atoms with Crippen LogP contribution >= 0.6 is 0 Å². The van der Waals surface area contributed by atoms with Gasteiger partial charge in [-0.3, -0.25) is 0 Å². The topological polar surface area (TPSA) is 23.5 Å². The van der Waals surface area contributed by atoms with Crippen LogP contribution in [0.4, 0.5) is 0 Å². The quantitative estimate of drug-likeness (QED) is 0.531. The van der Waals surface area contributed by atoms with Gasteiger partial charge in [-0.05, 0) is 68.2 Å². The minimum atomic E-state index is -0.0609. The van der Waals surface area contributed by atoms with Crippen molar-refractivity contribution in [2.75, 3.05) is 13.1 Å². The summed E-state index contributed by atoms with van der Waals surface area (Å²) in [6.07, 6.45) is 11.8. The van der Waals surface area contributed by atoms with E-state index in [1.54, 1.807) is 0 Å². The molecule has 0 bridgehead atoms. The monoisotopic (exact) mass is 365 g/mol. The maximum atomic E-state index is 10.3. The number of nitrogens with zero attached hydrogens (tertiary/aromatic N) is 1. The molecule has 2 aliphatic rings. The van der Waals surface area contributed by atoms with Crippen molar-refractivity contribution >= 4 is 0 Å². The van der Waals surface area contributed by atoms with E-state index in [2.05, 4.69) is 46.4 Å². The first-order valence-electron chi connectivity index (χ1n) is 11.6. The lowest BCUT2D eigenvalue weighted by Crippen LogP contribution is -2.55. The zero-order valence-electron chi connectivity index (χ0n) is 18.6. The van der Waals surface area contributed by atoms with Crippen LogP contribution in [0.1, 0.15) is 99.3 Å². The van der Waals surface area contributed by atoms with Crippen LogP contribution in [0.5, 0.6) is 0 Å². The average molecular weight is 366 g/mol.